The summed E-state index contributed by atoms with van der Waals surface area (Å²) in [6.45, 7) is 4.13. The van der Waals surface area contributed by atoms with Gasteiger partial charge in [-0.15, -0.1) is 10.2 Å². The summed E-state index contributed by atoms with van der Waals surface area (Å²) in [7, 11) is 0. The third kappa shape index (κ3) is 2.65. The van der Waals surface area contributed by atoms with Crippen LogP contribution in [0.3, 0.4) is 0 Å². The Morgan fingerprint density at radius 1 is 1.20 bits per heavy atom. The lowest BCUT2D eigenvalue weighted by Crippen LogP contribution is -1.87. The maximum absolute atomic E-state index is 5.59. The highest BCUT2D eigenvalue weighted by atomic mass is 32.2. The van der Waals surface area contributed by atoms with Crippen LogP contribution in [-0.2, 0) is 6.42 Å². The van der Waals surface area contributed by atoms with Crippen molar-refractivity contribution >= 4 is 22.7 Å². The Kier molecular flexibility index (Phi) is 3.64. The molecule has 0 fully saturated rings. The van der Waals surface area contributed by atoms with Crippen molar-refractivity contribution < 1.29 is 4.42 Å². The lowest BCUT2D eigenvalue weighted by Gasteiger charge is -2.02. The van der Waals surface area contributed by atoms with Crippen LogP contribution >= 0.6 is 11.8 Å². The quantitative estimate of drug-likeness (QED) is 0.685. The second-order valence-electron chi connectivity index (χ2n) is 4.51. The predicted octanol–water partition coefficient (Wildman–Crippen LogP) is 3.42. The van der Waals surface area contributed by atoms with Gasteiger partial charge in [0.25, 0.3) is 5.22 Å². The molecule has 0 radical (unpaired) electrons. The first-order valence-electron chi connectivity index (χ1n) is 6.48. The largest absolute Gasteiger partial charge is 0.416 e. The maximum Gasteiger partial charge on any atom is 0.282 e. The van der Waals surface area contributed by atoms with Crippen molar-refractivity contribution in [1.29, 1.82) is 0 Å². The molecule has 0 aliphatic heterocycles. The molecule has 0 bridgehead atoms. The highest BCUT2D eigenvalue weighted by molar-refractivity contribution is 7.99. The number of aryl methyl sites for hydroxylation is 2. The molecule has 0 N–H and O–H groups in total. The van der Waals surface area contributed by atoms with Crippen LogP contribution < -0.4 is 0 Å². The van der Waals surface area contributed by atoms with E-state index in [0.717, 1.165) is 28.8 Å². The normalized spacial score (nSPS) is 11.1. The van der Waals surface area contributed by atoms with E-state index in [4.69, 9.17) is 4.42 Å². The molecule has 0 amide bonds. The lowest BCUT2D eigenvalue weighted by atomic mass is 10.2. The van der Waals surface area contributed by atoms with Crippen LogP contribution in [0.2, 0.25) is 0 Å². The second-order valence-corrected chi connectivity index (χ2v) is 5.45. The van der Waals surface area contributed by atoms with E-state index in [0.29, 0.717) is 11.1 Å². The maximum atomic E-state index is 5.59. The monoisotopic (exact) mass is 286 g/mol. The Hall–Kier alpha value is -1.95. The van der Waals surface area contributed by atoms with Crippen LogP contribution in [0.5, 0.6) is 0 Å². The molecule has 0 aliphatic rings. The van der Waals surface area contributed by atoms with Crippen molar-refractivity contribution in [3.63, 3.8) is 0 Å². The Morgan fingerprint density at radius 3 is 2.95 bits per heavy atom. The molecule has 3 aromatic rings. The summed E-state index contributed by atoms with van der Waals surface area (Å²) in [6.07, 6.45) is 3.35. The van der Waals surface area contributed by atoms with E-state index in [9.17, 15) is 0 Å². The average molecular weight is 286 g/mol. The molecule has 0 spiro atoms. The third-order valence-electron chi connectivity index (χ3n) is 2.85. The van der Waals surface area contributed by atoms with E-state index < -0.39 is 0 Å². The molecule has 1 aromatic carbocycles. The lowest BCUT2D eigenvalue weighted by molar-refractivity contribution is 0.411. The number of rotatable bonds is 4. The highest BCUT2D eigenvalue weighted by Crippen LogP contribution is 2.30. The smallest absolute Gasteiger partial charge is 0.282 e. The number of aromatic nitrogens is 4. The van der Waals surface area contributed by atoms with Gasteiger partial charge in [-0.1, -0.05) is 18.6 Å². The van der Waals surface area contributed by atoms with Gasteiger partial charge in [0.05, 0.1) is 5.52 Å². The summed E-state index contributed by atoms with van der Waals surface area (Å²) in [5, 5.41) is 10.4. The fourth-order valence-electron chi connectivity index (χ4n) is 1.91. The number of nitrogens with zero attached hydrogens (tertiary/aromatic N) is 4. The fraction of sp³-hybridized carbons (Fsp3) is 0.286. The van der Waals surface area contributed by atoms with Gasteiger partial charge in [0, 0.05) is 11.8 Å². The predicted molar refractivity (Wildman–Crippen MR) is 76.7 cm³/mol. The molecular weight excluding hydrogens is 272 g/mol. The van der Waals surface area contributed by atoms with Crippen molar-refractivity contribution in [2.24, 2.45) is 0 Å². The van der Waals surface area contributed by atoms with Gasteiger partial charge in [-0.25, -0.2) is 9.97 Å². The summed E-state index contributed by atoms with van der Waals surface area (Å²) in [5.74, 6) is 0.671. The number of benzene rings is 1. The van der Waals surface area contributed by atoms with Crippen molar-refractivity contribution in [2.75, 3.05) is 0 Å². The minimum atomic E-state index is 0.523. The molecule has 3 rings (SSSR count). The molecule has 102 valence electrons. The van der Waals surface area contributed by atoms with Crippen molar-refractivity contribution in [3.8, 4) is 0 Å². The standard InChI is InChI=1S/C14H14N4OS/c1-3-4-12-17-18-14(19-12)20-13-10-7-9(2)5-6-11(10)15-8-16-13/h5-8H,3-4H2,1-2H3. The Morgan fingerprint density at radius 2 is 2.10 bits per heavy atom. The molecule has 2 aromatic heterocycles. The van der Waals surface area contributed by atoms with Gasteiger partial charge >= 0.3 is 0 Å². The van der Waals surface area contributed by atoms with Gasteiger partial charge < -0.3 is 4.42 Å². The molecule has 0 aliphatic carbocycles. The van der Waals surface area contributed by atoms with Crippen LogP contribution in [0.1, 0.15) is 24.8 Å². The zero-order chi connectivity index (χ0) is 13.9. The molecule has 0 atom stereocenters. The number of hydrogen-bond acceptors (Lipinski definition) is 6. The number of fused-ring (bicyclic) bond motifs is 1. The van der Waals surface area contributed by atoms with Crippen LogP contribution in [-0.4, -0.2) is 20.2 Å². The van der Waals surface area contributed by atoms with E-state index in [-0.39, 0.29) is 0 Å². The molecule has 6 heteroatoms. The van der Waals surface area contributed by atoms with Crippen LogP contribution in [0.15, 0.2) is 39.2 Å². The summed E-state index contributed by atoms with van der Waals surface area (Å²) < 4.78 is 5.59. The van der Waals surface area contributed by atoms with Crippen LogP contribution in [0.4, 0.5) is 0 Å². The summed E-state index contributed by atoms with van der Waals surface area (Å²) in [5.41, 5.74) is 2.09. The Balaban J connectivity index is 1.95. The first-order chi connectivity index (χ1) is 9.76. The van der Waals surface area contributed by atoms with Gasteiger partial charge in [-0.05, 0) is 37.2 Å². The summed E-state index contributed by atoms with van der Waals surface area (Å²) in [4.78, 5) is 8.59. The van der Waals surface area contributed by atoms with Crippen LogP contribution in [0, 0.1) is 6.92 Å². The van der Waals surface area contributed by atoms with E-state index in [2.05, 4.69) is 33.2 Å². The van der Waals surface area contributed by atoms with E-state index >= 15 is 0 Å². The average Bonchev–Trinajstić information content (AvgIpc) is 2.87. The van der Waals surface area contributed by atoms with E-state index in [1.165, 1.54) is 17.3 Å². The van der Waals surface area contributed by atoms with E-state index in [1.807, 2.05) is 19.1 Å². The highest BCUT2D eigenvalue weighted by Gasteiger charge is 2.11. The minimum absolute atomic E-state index is 0.523. The molecule has 2 heterocycles. The van der Waals surface area contributed by atoms with Crippen LogP contribution in [0.25, 0.3) is 10.9 Å². The molecular formula is C14H14N4OS. The Bertz CT molecular complexity index is 741. The summed E-state index contributed by atoms with van der Waals surface area (Å²) in [6, 6.07) is 6.10. The molecule has 20 heavy (non-hydrogen) atoms. The van der Waals surface area contributed by atoms with Gasteiger partial charge in [-0.3, -0.25) is 0 Å². The minimum Gasteiger partial charge on any atom is -0.416 e. The second kappa shape index (κ2) is 5.58. The van der Waals surface area contributed by atoms with Crippen molar-refractivity contribution in [1.82, 2.24) is 20.2 Å². The summed E-state index contributed by atoms with van der Waals surface area (Å²) >= 11 is 1.38. The van der Waals surface area contributed by atoms with Crippen molar-refractivity contribution in [3.05, 3.63) is 36.0 Å². The molecule has 0 saturated heterocycles. The Labute approximate surface area is 120 Å². The van der Waals surface area contributed by atoms with Gasteiger partial charge in [0.1, 0.15) is 11.4 Å². The van der Waals surface area contributed by atoms with Gasteiger partial charge in [-0.2, -0.15) is 0 Å². The van der Waals surface area contributed by atoms with E-state index in [1.54, 1.807) is 6.33 Å². The zero-order valence-electron chi connectivity index (χ0n) is 11.3. The molecule has 0 unspecified atom stereocenters. The SMILES string of the molecule is CCCc1nnc(Sc2ncnc3ccc(C)cc23)o1. The van der Waals surface area contributed by atoms with Crippen molar-refractivity contribution in [2.45, 2.75) is 36.9 Å². The third-order valence-corrected chi connectivity index (χ3v) is 3.71. The molecule has 0 saturated carbocycles. The molecule has 5 nitrogen and oxygen atoms in total. The van der Waals surface area contributed by atoms with Gasteiger partial charge in [0.15, 0.2) is 0 Å². The first-order valence-corrected chi connectivity index (χ1v) is 7.29. The topological polar surface area (TPSA) is 64.7 Å². The number of hydrogen-bond donors (Lipinski definition) is 0. The fourth-order valence-corrected chi connectivity index (χ4v) is 2.66. The zero-order valence-corrected chi connectivity index (χ0v) is 12.1. The first kappa shape index (κ1) is 13.1. The van der Waals surface area contributed by atoms with Gasteiger partial charge in [0.2, 0.25) is 5.89 Å².